The summed E-state index contributed by atoms with van der Waals surface area (Å²) in [5, 5.41) is 3.05. The molecule has 0 radical (unpaired) electrons. The number of ether oxygens (including phenoxy) is 2. The number of benzene rings is 1. The summed E-state index contributed by atoms with van der Waals surface area (Å²) in [6.07, 6.45) is 1.78. The molecule has 1 aromatic carbocycles. The van der Waals surface area contributed by atoms with E-state index in [9.17, 15) is 9.18 Å². The van der Waals surface area contributed by atoms with E-state index in [4.69, 9.17) is 9.47 Å². The summed E-state index contributed by atoms with van der Waals surface area (Å²) in [5.74, 6) is -0.545. The zero-order valence-corrected chi connectivity index (χ0v) is 10.2. The summed E-state index contributed by atoms with van der Waals surface area (Å²) in [4.78, 5) is 11.6. The van der Waals surface area contributed by atoms with E-state index in [2.05, 4.69) is 5.32 Å². The molecule has 98 valence electrons. The highest BCUT2D eigenvalue weighted by Crippen LogP contribution is 2.18. The van der Waals surface area contributed by atoms with Crippen molar-refractivity contribution < 1.29 is 18.7 Å². The number of methoxy groups -OCH3 is 1. The third-order valence-electron chi connectivity index (χ3n) is 2.94. The number of rotatable bonds is 4. The van der Waals surface area contributed by atoms with E-state index in [0.717, 1.165) is 19.4 Å². The quantitative estimate of drug-likeness (QED) is 0.828. The van der Waals surface area contributed by atoms with Crippen LogP contribution in [0.5, 0.6) is 5.75 Å². The molecule has 0 amide bonds. The van der Waals surface area contributed by atoms with Crippen molar-refractivity contribution in [1.82, 2.24) is 5.32 Å². The molecule has 1 fully saturated rings. The van der Waals surface area contributed by atoms with Crippen molar-refractivity contribution in [3.05, 3.63) is 29.6 Å². The van der Waals surface area contributed by atoms with Crippen molar-refractivity contribution in [2.45, 2.75) is 25.5 Å². The van der Waals surface area contributed by atoms with Crippen LogP contribution in [0.3, 0.4) is 0 Å². The van der Waals surface area contributed by atoms with Gasteiger partial charge in [-0.1, -0.05) is 6.07 Å². The second kappa shape index (κ2) is 5.82. The second-order valence-corrected chi connectivity index (χ2v) is 4.23. The van der Waals surface area contributed by atoms with Gasteiger partial charge in [0.2, 0.25) is 0 Å². The highest BCUT2D eigenvalue weighted by Gasteiger charge is 2.23. The molecule has 1 unspecified atom stereocenters. The van der Waals surface area contributed by atoms with Crippen LogP contribution in [0.25, 0.3) is 0 Å². The minimum absolute atomic E-state index is 0.0813. The summed E-state index contributed by atoms with van der Waals surface area (Å²) < 4.78 is 23.3. The third kappa shape index (κ3) is 2.98. The molecule has 1 aliphatic heterocycles. The van der Waals surface area contributed by atoms with Crippen molar-refractivity contribution >= 4 is 5.97 Å². The molecule has 0 spiro atoms. The van der Waals surface area contributed by atoms with E-state index < -0.39 is 5.82 Å². The Morgan fingerprint density at radius 1 is 1.56 bits per heavy atom. The first-order valence-electron chi connectivity index (χ1n) is 5.93. The van der Waals surface area contributed by atoms with Crippen LogP contribution in [0.4, 0.5) is 4.39 Å². The van der Waals surface area contributed by atoms with E-state index in [0.29, 0.717) is 5.56 Å². The van der Waals surface area contributed by atoms with E-state index >= 15 is 0 Å². The van der Waals surface area contributed by atoms with Gasteiger partial charge in [0.05, 0.1) is 7.11 Å². The summed E-state index contributed by atoms with van der Waals surface area (Å²) in [7, 11) is 1.41. The zero-order chi connectivity index (χ0) is 13.0. The Morgan fingerprint density at radius 2 is 2.39 bits per heavy atom. The molecular formula is C13H16FNO3. The third-order valence-corrected chi connectivity index (χ3v) is 2.94. The molecule has 5 heteroatoms. The van der Waals surface area contributed by atoms with Crippen molar-refractivity contribution in [2.24, 2.45) is 0 Å². The molecule has 1 saturated heterocycles. The summed E-state index contributed by atoms with van der Waals surface area (Å²) in [5.41, 5.74) is 0.611. The Hall–Kier alpha value is -1.62. The molecular weight excluding hydrogens is 237 g/mol. The minimum Gasteiger partial charge on any atom is -0.494 e. The Bertz CT molecular complexity index is 430. The number of halogens is 1. The van der Waals surface area contributed by atoms with Crippen molar-refractivity contribution in [3.63, 3.8) is 0 Å². The summed E-state index contributed by atoms with van der Waals surface area (Å²) >= 11 is 0. The Balaban J connectivity index is 1.89. The molecule has 1 heterocycles. The van der Waals surface area contributed by atoms with Gasteiger partial charge in [0, 0.05) is 0 Å². The van der Waals surface area contributed by atoms with Crippen molar-refractivity contribution in [3.8, 4) is 5.75 Å². The first-order chi connectivity index (χ1) is 8.70. The van der Waals surface area contributed by atoms with Gasteiger partial charge in [-0.2, -0.15) is 0 Å². The lowest BCUT2D eigenvalue weighted by Crippen LogP contribution is -2.32. The smallest absolute Gasteiger partial charge is 0.323 e. The van der Waals surface area contributed by atoms with E-state index in [1.54, 1.807) is 6.07 Å². The number of esters is 1. The average molecular weight is 253 g/mol. The monoisotopic (exact) mass is 253 g/mol. The van der Waals surface area contributed by atoms with Gasteiger partial charge in [-0.05, 0) is 37.1 Å². The number of nitrogens with one attached hydrogen (secondary N) is 1. The Labute approximate surface area is 105 Å². The van der Waals surface area contributed by atoms with E-state index in [1.807, 2.05) is 0 Å². The lowest BCUT2D eigenvalue weighted by atomic mass is 10.2. The SMILES string of the molecule is COc1ccc(COC(=O)C2CCCN2)cc1F. The van der Waals surface area contributed by atoms with Crippen molar-refractivity contribution in [1.29, 1.82) is 0 Å². The molecule has 0 saturated carbocycles. The molecule has 18 heavy (non-hydrogen) atoms. The van der Waals surface area contributed by atoms with E-state index in [-0.39, 0.29) is 24.4 Å². The highest BCUT2D eigenvalue weighted by atomic mass is 19.1. The molecule has 1 aromatic rings. The Kier molecular flexibility index (Phi) is 4.15. The fraction of sp³-hybridized carbons (Fsp3) is 0.462. The maximum atomic E-state index is 13.4. The first kappa shape index (κ1) is 12.8. The van der Waals surface area contributed by atoms with Gasteiger partial charge < -0.3 is 14.8 Å². The number of hydrogen-bond donors (Lipinski definition) is 1. The predicted octanol–water partition coefficient (Wildman–Crippen LogP) is 1.63. The van der Waals surface area contributed by atoms with Crippen LogP contribution < -0.4 is 10.1 Å². The molecule has 1 N–H and O–H groups in total. The fourth-order valence-corrected chi connectivity index (χ4v) is 1.94. The van der Waals surface area contributed by atoms with Crippen LogP contribution in [0.2, 0.25) is 0 Å². The largest absolute Gasteiger partial charge is 0.494 e. The van der Waals surface area contributed by atoms with Gasteiger partial charge in [0.1, 0.15) is 12.6 Å². The van der Waals surface area contributed by atoms with Crippen LogP contribution in [0.1, 0.15) is 18.4 Å². The van der Waals surface area contributed by atoms with Crippen molar-refractivity contribution in [2.75, 3.05) is 13.7 Å². The van der Waals surface area contributed by atoms with Gasteiger partial charge in [0.15, 0.2) is 11.6 Å². The van der Waals surface area contributed by atoms with Gasteiger partial charge in [-0.15, -0.1) is 0 Å². The molecule has 0 aliphatic carbocycles. The molecule has 1 aliphatic rings. The number of carbonyl (C=O) groups is 1. The van der Waals surface area contributed by atoms with Crippen LogP contribution in [0.15, 0.2) is 18.2 Å². The lowest BCUT2D eigenvalue weighted by Gasteiger charge is -2.10. The maximum Gasteiger partial charge on any atom is 0.323 e. The molecule has 2 rings (SSSR count). The first-order valence-corrected chi connectivity index (χ1v) is 5.93. The molecule has 0 aromatic heterocycles. The zero-order valence-electron chi connectivity index (χ0n) is 10.2. The van der Waals surface area contributed by atoms with Gasteiger partial charge >= 0.3 is 5.97 Å². The number of hydrogen-bond acceptors (Lipinski definition) is 4. The lowest BCUT2D eigenvalue weighted by molar-refractivity contribution is -0.147. The minimum atomic E-state index is -0.454. The maximum absolute atomic E-state index is 13.4. The van der Waals surface area contributed by atoms with Gasteiger partial charge in [-0.25, -0.2) is 4.39 Å². The fourth-order valence-electron chi connectivity index (χ4n) is 1.94. The van der Waals surface area contributed by atoms with Crippen LogP contribution in [-0.2, 0) is 16.1 Å². The molecule has 1 atom stereocenters. The summed E-state index contributed by atoms with van der Waals surface area (Å²) in [6, 6.07) is 4.30. The number of carbonyl (C=O) groups excluding carboxylic acids is 1. The summed E-state index contributed by atoms with van der Waals surface area (Å²) in [6.45, 7) is 0.925. The van der Waals surface area contributed by atoms with Crippen LogP contribution in [-0.4, -0.2) is 25.7 Å². The van der Waals surface area contributed by atoms with Crippen LogP contribution >= 0.6 is 0 Å². The standard InChI is InChI=1S/C13H16FNO3/c1-17-12-5-4-9(7-10(12)14)8-18-13(16)11-3-2-6-15-11/h4-5,7,11,15H,2-3,6,8H2,1H3. The molecule has 4 nitrogen and oxygen atoms in total. The second-order valence-electron chi connectivity index (χ2n) is 4.23. The molecule has 0 bridgehead atoms. The van der Waals surface area contributed by atoms with Crippen LogP contribution in [0, 0.1) is 5.82 Å². The van der Waals surface area contributed by atoms with E-state index in [1.165, 1.54) is 19.2 Å². The Morgan fingerprint density at radius 3 is 3.00 bits per heavy atom. The van der Waals surface area contributed by atoms with Gasteiger partial charge in [-0.3, -0.25) is 4.79 Å². The predicted molar refractivity (Wildman–Crippen MR) is 63.8 cm³/mol. The normalized spacial score (nSPS) is 18.7. The topological polar surface area (TPSA) is 47.6 Å². The average Bonchev–Trinajstić information content (AvgIpc) is 2.90. The highest BCUT2D eigenvalue weighted by molar-refractivity contribution is 5.76. The van der Waals surface area contributed by atoms with Gasteiger partial charge in [0.25, 0.3) is 0 Å².